The second kappa shape index (κ2) is 13.0. The van der Waals surface area contributed by atoms with Crippen molar-refractivity contribution in [2.24, 2.45) is 18.9 Å². The standard InChI is InChI=1S/C27H38N6O7S/c1-5-8-22-24-25(31(4)30-22)27(34)29-26(28-24)21-17-20(9-10-23(21)39-7-3)41(37,38)32-14-11-19(12-15-32)18(6-2)13-16-40-33(35)36/h9-10,17-19H,5-8,11-16H2,1-4H3,(H,28,29,34). The van der Waals surface area contributed by atoms with Crippen LogP contribution in [0.4, 0.5) is 0 Å². The molecule has 1 aliphatic heterocycles. The van der Waals surface area contributed by atoms with Gasteiger partial charge in [-0.3, -0.25) is 9.48 Å². The molecule has 1 unspecified atom stereocenters. The lowest BCUT2D eigenvalue weighted by molar-refractivity contribution is -0.758. The molecule has 1 fully saturated rings. The number of nitrogens with zero attached hydrogens (tertiary/aromatic N) is 5. The molecule has 1 atom stereocenters. The van der Waals surface area contributed by atoms with Gasteiger partial charge in [-0.15, -0.1) is 10.1 Å². The minimum atomic E-state index is -3.85. The third kappa shape index (κ3) is 6.53. The Labute approximate surface area is 239 Å². The SMILES string of the molecule is CCCc1nn(C)c2c(=O)[nH]c(-c3cc(S(=O)(=O)N4CCC(C(CC)CCO[N+](=O)[O-])CC4)ccc3OCC)nc12. The smallest absolute Gasteiger partial charge is 0.294 e. The summed E-state index contributed by atoms with van der Waals surface area (Å²) < 4.78 is 36.3. The van der Waals surface area contributed by atoms with Gasteiger partial charge in [0.05, 0.1) is 29.4 Å². The molecule has 1 aliphatic rings. The molecular weight excluding hydrogens is 552 g/mol. The molecule has 2 aromatic heterocycles. The number of piperidine rings is 1. The molecule has 0 amide bonds. The van der Waals surface area contributed by atoms with E-state index in [0.717, 1.165) is 12.8 Å². The summed E-state index contributed by atoms with van der Waals surface area (Å²) in [6, 6.07) is 4.63. The number of nitrogens with one attached hydrogen (secondary N) is 1. The number of hydrogen-bond donors (Lipinski definition) is 1. The Kier molecular flexibility index (Phi) is 9.64. The van der Waals surface area contributed by atoms with Crippen molar-refractivity contribution in [3.8, 4) is 17.1 Å². The third-order valence-electron chi connectivity index (χ3n) is 7.77. The fourth-order valence-corrected chi connectivity index (χ4v) is 7.20. The molecule has 41 heavy (non-hydrogen) atoms. The van der Waals surface area contributed by atoms with E-state index in [0.29, 0.717) is 73.4 Å². The molecule has 1 saturated heterocycles. The Morgan fingerprint density at radius 1 is 1.22 bits per heavy atom. The highest BCUT2D eigenvalue weighted by atomic mass is 32.2. The van der Waals surface area contributed by atoms with Gasteiger partial charge in [0.25, 0.3) is 10.6 Å². The van der Waals surface area contributed by atoms with E-state index in [-0.39, 0.29) is 34.7 Å². The molecule has 3 aromatic rings. The highest BCUT2D eigenvalue weighted by Gasteiger charge is 2.33. The van der Waals surface area contributed by atoms with Crippen LogP contribution in [0.3, 0.4) is 0 Å². The molecule has 14 heteroatoms. The zero-order valence-corrected chi connectivity index (χ0v) is 24.8. The molecule has 0 saturated carbocycles. The first-order valence-electron chi connectivity index (χ1n) is 14.1. The van der Waals surface area contributed by atoms with E-state index < -0.39 is 15.1 Å². The number of H-pyrrole nitrogens is 1. The maximum absolute atomic E-state index is 13.7. The zero-order chi connectivity index (χ0) is 29.7. The molecule has 1 aromatic carbocycles. The number of aromatic nitrogens is 4. The molecule has 0 aliphatic carbocycles. The van der Waals surface area contributed by atoms with Gasteiger partial charge < -0.3 is 14.6 Å². The van der Waals surface area contributed by atoms with Gasteiger partial charge in [-0.05, 0) is 62.6 Å². The quantitative estimate of drug-likeness (QED) is 0.231. The van der Waals surface area contributed by atoms with Crippen LogP contribution in [0, 0.1) is 22.0 Å². The van der Waals surface area contributed by atoms with Crippen LogP contribution in [0.1, 0.15) is 58.6 Å². The number of hydrogen-bond acceptors (Lipinski definition) is 9. The van der Waals surface area contributed by atoms with Crippen LogP contribution in [0.25, 0.3) is 22.4 Å². The number of ether oxygens (including phenoxy) is 1. The van der Waals surface area contributed by atoms with Crippen LogP contribution in [0.2, 0.25) is 0 Å². The predicted molar refractivity (Wildman–Crippen MR) is 153 cm³/mol. The van der Waals surface area contributed by atoms with E-state index in [4.69, 9.17) is 9.72 Å². The average Bonchev–Trinajstić information content (AvgIpc) is 3.26. The van der Waals surface area contributed by atoms with Crippen LogP contribution >= 0.6 is 0 Å². The van der Waals surface area contributed by atoms with Crippen molar-refractivity contribution < 1.29 is 23.1 Å². The van der Waals surface area contributed by atoms with Gasteiger partial charge in [0.15, 0.2) is 5.52 Å². The van der Waals surface area contributed by atoms with Crippen molar-refractivity contribution in [2.75, 3.05) is 26.3 Å². The molecule has 0 radical (unpaired) electrons. The largest absolute Gasteiger partial charge is 0.493 e. The van der Waals surface area contributed by atoms with Gasteiger partial charge in [-0.2, -0.15) is 9.40 Å². The first-order valence-corrected chi connectivity index (χ1v) is 15.5. The Bertz CT molecular complexity index is 1540. The van der Waals surface area contributed by atoms with E-state index in [1.807, 2.05) is 20.8 Å². The summed E-state index contributed by atoms with van der Waals surface area (Å²) in [6.45, 7) is 6.96. The Hall–Kier alpha value is -3.52. The molecule has 224 valence electrons. The number of rotatable bonds is 13. The Morgan fingerprint density at radius 3 is 2.59 bits per heavy atom. The lowest BCUT2D eigenvalue weighted by Gasteiger charge is -2.35. The molecule has 4 rings (SSSR count). The molecular formula is C27H38N6O7S. The molecule has 0 bridgehead atoms. The summed E-state index contributed by atoms with van der Waals surface area (Å²) in [7, 11) is -2.15. The minimum Gasteiger partial charge on any atom is -0.493 e. The fraction of sp³-hybridized carbons (Fsp3) is 0.593. The highest BCUT2D eigenvalue weighted by Crippen LogP contribution is 2.35. The van der Waals surface area contributed by atoms with Gasteiger partial charge in [0.2, 0.25) is 10.0 Å². The number of sulfonamides is 1. The van der Waals surface area contributed by atoms with Crippen LogP contribution in [-0.4, -0.2) is 63.9 Å². The summed E-state index contributed by atoms with van der Waals surface area (Å²) in [5.41, 5.74) is 1.56. The number of benzene rings is 1. The summed E-state index contributed by atoms with van der Waals surface area (Å²) in [5, 5.41) is 14.2. The van der Waals surface area contributed by atoms with Gasteiger partial charge in [0, 0.05) is 20.1 Å². The molecule has 3 heterocycles. The van der Waals surface area contributed by atoms with E-state index in [9.17, 15) is 23.3 Å². The van der Waals surface area contributed by atoms with Gasteiger partial charge in [-0.25, -0.2) is 13.4 Å². The number of fused-ring (bicyclic) bond motifs is 1. The van der Waals surface area contributed by atoms with Crippen LogP contribution < -0.4 is 10.3 Å². The lowest BCUT2D eigenvalue weighted by Crippen LogP contribution is -2.40. The molecule has 1 N–H and O–H groups in total. The van der Waals surface area contributed by atoms with Crippen molar-refractivity contribution in [1.82, 2.24) is 24.1 Å². The highest BCUT2D eigenvalue weighted by molar-refractivity contribution is 7.89. The lowest BCUT2D eigenvalue weighted by atomic mass is 9.81. The molecule has 0 spiro atoms. The third-order valence-corrected chi connectivity index (χ3v) is 9.66. The van der Waals surface area contributed by atoms with Crippen LogP contribution in [0.5, 0.6) is 5.75 Å². The van der Waals surface area contributed by atoms with Gasteiger partial charge >= 0.3 is 0 Å². The van der Waals surface area contributed by atoms with E-state index in [1.165, 1.54) is 21.1 Å². The second-order valence-electron chi connectivity index (χ2n) is 10.3. The summed E-state index contributed by atoms with van der Waals surface area (Å²) in [5.74, 6) is 1.11. The van der Waals surface area contributed by atoms with Crippen molar-refractivity contribution in [3.63, 3.8) is 0 Å². The Morgan fingerprint density at radius 2 is 1.95 bits per heavy atom. The monoisotopic (exact) mass is 590 g/mol. The van der Waals surface area contributed by atoms with Crippen LogP contribution in [0.15, 0.2) is 27.9 Å². The summed E-state index contributed by atoms with van der Waals surface area (Å²) >= 11 is 0. The minimum absolute atomic E-state index is 0.0415. The topological polar surface area (TPSA) is 163 Å². The maximum Gasteiger partial charge on any atom is 0.294 e. The van der Waals surface area contributed by atoms with Crippen molar-refractivity contribution in [1.29, 1.82) is 0 Å². The summed E-state index contributed by atoms with van der Waals surface area (Å²) in [6.07, 6.45) is 4.20. The van der Waals surface area contributed by atoms with Gasteiger partial charge in [0.1, 0.15) is 17.1 Å². The average molecular weight is 591 g/mol. The van der Waals surface area contributed by atoms with Gasteiger partial charge in [-0.1, -0.05) is 26.7 Å². The predicted octanol–water partition coefficient (Wildman–Crippen LogP) is 3.70. The van der Waals surface area contributed by atoms with E-state index >= 15 is 0 Å². The zero-order valence-electron chi connectivity index (χ0n) is 24.0. The fourth-order valence-electron chi connectivity index (χ4n) is 5.70. The molecule has 13 nitrogen and oxygen atoms in total. The number of aryl methyl sites for hydroxylation is 2. The van der Waals surface area contributed by atoms with Crippen LogP contribution in [-0.2, 0) is 28.3 Å². The Balaban J connectivity index is 1.62. The maximum atomic E-state index is 13.7. The first kappa shape index (κ1) is 30.4. The summed E-state index contributed by atoms with van der Waals surface area (Å²) in [4.78, 5) is 35.7. The second-order valence-corrected chi connectivity index (χ2v) is 12.2. The van der Waals surface area contributed by atoms with E-state index in [2.05, 4.69) is 14.9 Å². The normalized spacial score (nSPS) is 15.7. The number of aromatic amines is 1. The van der Waals surface area contributed by atoms with Crippen molar-refractivity contribution >= 4 is 21.1 Å². The van der Waals surface area contributed by atoms with Crippen molar-refractivity contribution in [2.45, 2.75) is 64.2 Å². The van der Waals surface area contributed by atoms with Crippen molar-refractivity contribution in [3.05, 3.63) is 44.4 Å². The van der Waals surface area contributed by atoms with E-state index in [1.54, 1.807) is 13.1 Å². The first-order chi connectivity index (χ1) is 19.6.